The van der Waals surface area contributed by atoms with Gasteiger partial charge >= 0.3 is 5.97 Å². The zero-order chi connectivity index (χ0) is 17.5. The van der Waals surface area contributed by atoms with Crippen molar-refractivity contribution in [1.29, 1.82) is 0 Å². The van der Waals surface area contributed by atoms with Crippen molar-refractivity contribution in [2.45, 2.75) is 73.1 Å². The molecule has 0 N–H and O–H groups in total. The largest absolute Gasteiger partial charge is 0.466 e. The normalized spacial score (nSPS) is 38.8. The Hall–Kier alpha value is -1.05. The van der Waals surface area contributed by atoms with Crippen molar-refractivity contribution in [2.75, 3.05) is 6.61 Å². The van der Waals surface area contributed by atoms with Gasteiger partial charge in [0, 0.05) is 0 Å². The molecule has 2 heteroatoms. The monoisotopic (exact) mass is 330 g/mol. The molecule has 0 aromatic rings. The number of rotatable bonds is 3. The van der Waals surface area contributed by atoms with E-state index in [-0.39, 0.29) is 16.8 Å². The van der Waals surface area contributed by atoms with Crippen LogP contribution in [-0.2, 0) is 9.53 Å². The molecule has 1 unspecified atom stereocenters. The van der Waals surface area contributed by atoms with Gasteiger partial charge < -0.3 is 4.74 Å². The number of esters is 1. The molecule has 3 aliphatic rings. The van der Waals surface area contributed by atoms with Crippen molar-refractivity contribution in [3.05, 3.63) is 23.3 Å². The fourth-order valence-electron chi connectivity index (χ4n) is 5.95. The van der Waals surface area contributed by atoms with Crippen molar-refractivity contribution < 1.29 is 9.53 Å². The second kappa shape index (κ2) is 6.35. The van der Waals surface area contributed by atoms with Crippen LogP contribution in [0.15, 0.2) is 23.3 Å². The summed E-state index contributed by atoms with van der Waals surface area (Å²) in [6, 6.07) is 0. The standard InChI is InChI=1S/C22H34O2/c1-6-24-20(23)22(5)13-7-12-21(4)18-10-8-16(15(2)3)14-17(18)9-11-19(21)22/h8,14-15,18-19H,6-7,9-13H2,1-5H3/t18-,19?,21+,22-/m0/s1. The minimum absolute atomic E-state index is 0.0441. The molecule has 0 aromatic heterocycles. The molecule has 0 aromatic carbocycles. The Morgan fingerprint density at radius 3 is 2.75 bits per heavy atom. The molecule has 4 atom stereocenters. The van der Waals surface area contributed by atoms with E-state index in [4.69, 9.17) is 4.74 Å². The second-order valence-electron chi connectivity index (χ2n) is 8.95. The lowest BCUT2D eigenvalue weighted by atomic mass is 9.46. The molecule has 2 fully saturated rings. The molecule has 0 bridgehead atoms. The number of allylic oxidation sites excluding steroid dienone is 4. The van der Waals surface area contributed by atoms with E-state index in [1.54, 1.807) is 5.57 Å². The third-order valence-corrected chi connectivity index (χ3v) is 7.29. The molecule has 2 nitrogen and oxygen atoms in total. The molecule has 0 amide bonds. The van der Waals surface area contributed by atoms with Gasteiger partial charge in [-0.25, -0.2) is 0 Å². The zero-order valence-corrected chi connectivity index (χ0v) is 16.2. The lowest BCUT2D eigenvalue weighted by molar-refractivity contribution is -0.170. The highest BCUT2D eigenvalue weighted by Gasteiger charge is 2.58. The number of carbonyl (C=O) groups excluding carboxylic acids is 1. The second-order valence-corrected chi connectivity index (χ2v) is 8.95. The van der Waals surface area contributed by atoms with E-state index >= 15 is 0 Å². The van der Waals surface area contributed by atoms with Gasteiger partial charge in [0.05, 0.1) is 12.0 Å². The van der Waals surface area contributed by atoms with Crippen molar-refractivity contribution in [3.8, 4) is 0 Å². The fourth-order valence-corrected chi connectivity index (χ4v) is 5.95. The van der Waals surface area contributed by atoms with Crippen molar-refractivity contribution in [2.24, 2.45) is 28.6 Å². The summed E-state index contributed by atoms with van der Waals surface area (Å²) in [4.78, 5) is 12.8. The molecule has 2 saturated carbocycles. The average molecular weight is 331 g/mol. The summed E-state index contributed by atoms with van der Waals surface area (Å²) in [5.74, 6) is 1.73. The van der Waals surface area contributed by atoms with Crippen LogP contribution >= 0.6 is 0 Å². The van der Waals surface area contributed by atoms with E-state index in [9.17, 15) is 4.79 Å². The van der Waals surface area contributed by atoms with E-state index < -0.39 is 0 Å². The van der Waals surface area contributed by atoms with Crippen LogP contribution < -0.4 is 0 Å². The average Bonchev–Trinajstić information content (AvgIpc) is 2.54. The summed E-state index contributed by atoms with van der Waals surface area (Å²) in [6.07, 6.45) is 11.8. The Labute approximate surface area is 147 Å². The molecule has 134 valence electrons. The van der Waals surface area contributed by atoms with E-state index in [0.29, 0.717) is 24.4 Å². The van der Waals surface area contributed by atoms with Crippen LogP contribution in [-0.4, -0.2) is 12.6 Å². The molecule has 3 rings (SSSR count). The van der Waals surface area contributed by atoms with Crippen LogP contribution in [0.3, 0.4) is 0 Å². The third-order valence-electron chi connectivity index (χ3n) is 7.29. The highest BCUT2D eigenvalue weighted by Crippen LogP contribution is 2.63. The first-order valence-electron chi connectivity index (χ1n) is 9.90. The van der Waals surface area contributed by atoms with Gasteiger partial charge in [-0.05, 0) is 74.7 Å². The Morgan fingerprint density at radius 1 is 1.33 bits per heavy atom. The van der Waals surface area contributed by atoms with Gasteiger partial charge in [0.1, 0.15) is 0 Å². The summed E-state index contributed by atoms with van der Waals surface area (Å²) in [5.41, 5.74) is 3.10. The van der Waals surface area contributed by atoms with E-state index in [1.807, 2.05) is 6.92 Å². The highest BCUT2D eigenvalue weighted by atomic mass is 16.5. The molecule has 24 heavy (non-hydrogen) atoms. The first-order valence-corrected chi connectivity index (χ1v) is 9.90. The van der Waals surface area contributed by atoms with Crippen molar-refractivity contribution in [1.82, 2.24) is 0 Å². The molecule has 0 saturated heterocycles. The maximum Gasteiger partial charge on any atom is 0.312 e. The summed E-state index contributed by atoms with van der Waals surface area (Å²) in [5, 5.41) is 0. The number of ether oxygens (including phenoxy) is 1. The Balaban J connectivity index is 1.91. The topological polar surface area (TPSA) is 26.3 Å². The van der Waals surface area contributed by atoms with Gasteiger partial charge in [0.2, 0.25) is 0 Å². The first kappa shape index (κ1) is 17.8. The predicted octanol–water partition coefficient (Wildman–Crippen LogP) is 5.68. The van der Waals surface area contributed by atoms with Gasteiger partial charge in [-0.3, -0.25) is 4.79 Å². The van der Waals surface area contributed by atoms with Crippen LogP contribution in [0.2, 0.25) is 0 Å². The minimum Gasteiger partial charge on any atom is -0.466 e. The maximum absolute atomic E-state index is 12.8. The SMILES string of the molecule is CCOC(=O)[C@@]1(C)CCC[C@@]2(C)C1CCC1=CC(C(C)C)=CC[C@@H]12. The number of fused-ring (bicyclic) bond motifs is 3. The maximum atomic E-state index is 12.8. The van der Waals surface area contributed by atoms with Crippen LogP contribution in [0.4, 0.5) is 0 Å². The lowest BCUT2D eigenvalue weighted by Crippen LogP contribution is -2.54. The molecule has 0 radical (unpaired) electrons. The van der Waals surface area contributed by atoms with Gasteiger partial charge in [-0.1, -0.05) is 44.9 Å². The van der Waals surface area contributed by atoms with Gasteiger partial charge in [-0.2, -0.15) is 0 Å². The summed E-state index contributed by atoms with van der Waals surface area (Å²) >= 11 is 0. The molecule has 3 aliphatic carbocycles. The first-order chi connectivity index (χ1) is 11.3. The molecule has 0 aliphatic heterocycles. The lowest BCUT2D eigenvalue weighted by Gasteiger charge is -2.58. The van der Waals surface area contributed by atoms with E-state index in [2.05, 4.69) is 39.8 Å². The zero-order valence-electron chi connectivity index (χ0n) is 16.2. The summed E-state index contributed by atoms with van der Waals surface area (Å²) < 4.78 is 5.50. The predicted molar refractivity (Wildman–Crippen MR) is 98.5 cm³/mol. The Morgan fingerprint density at radius 2 is 2.08 bits per heavy atom. The fraction of sp³-hybridized carbons (Fsp3) is 0.773. The Kier molecular flexibility index (Phi) is 4.70. The number of hydrogen-bond donors (Lipinski definition) is 0. The number of carbonyl (C=O) groups is 1. The van der Waals surface area contributed by atoms with Crippen LogP contribution in [0.1, 0.15) is 73.1 Å². The Bertz CT molecular complexity index is 571. The van der Waals surface area contributed by atoms with Crippen LogP contribution in [0, 0.1) is 28.6 Å². The number of hydrogen-bond acceptors (Lipinski definition) is 2. The van der Waals surface area contributed by atoms with E-state index in [1.165, 1.54) is 12.0 Å². The van der Waals surface area contributed by atoms with Gasteiger partial charge in [0.15, 0.2) is 0 Å². The van der Waals surface area contributed by atoms with E-state index in [0.717, 1.165) is 32.1 Å². The van der Waals surface area contributed by atoms with Crippen molar-refractivity contribution in [3.63, 3.8) is 0 Å². The molecular weight excluding hydrogens is 296 g/mol. The van der Waals surface area contributed by atoms with Crippen LogP contribution in [0.5, 0.6) is 0 Å². The van der Waals surface area contributed by atoms with Gasteiger partial charge in [-0.15, -0.1) is 0 Å². The quantitative estimate of drug-likeness (QED) is 0.622. The molecule has 0 heterocycles. The highest BCUT2D eigenvalue weighted by molar-refractivity contribution is 5.77. The molecule has 0 spiro atoms. The van der Waals surface area contributed by atoms with Gasteiger partial charge in [0.25, 0.3) is 0 Å². The third kappa shape index (κ3) is 2.66. The summed E-state index contributed by atoms with van der Waals surface area (Å²) in [7, 11) is 0. The minimum atomic E-state index is -0.295. The smallest absolute Gasteiger partial charge is 0.312 e. The van der Waals surface area contributed by atoms with Crippen LogP contribution in [0.25, 0.3) is 0 Å². The van der Waals surface area contributed by atoms with Crippen molar-refractivity contribution >= 4 is 5.97 Å². The summed E-state index contributed by atoms with van der Waals surface area (Å²) in [6.45, 7) is 11.6. The molecular formula is C22H34O2.